The Balaban J connectivity index is 1.56. The number of hydrogen-bond acceptors (Lipinski definition) is 6. The molecule has 0 N–H and O–H groups in total. The van der Waals surface area contributed by atoms with E-state index in [1.54, 1.807) is 17.1 Å². The Bertz CT molecular complexity index is 672. The Hall–Kier alpha value is -2.02. The molecule has 0 aliphatic carbocycles. The highest BCUT2D eigenvalue weighted by atomic mass is 16.6. The second-order valence-electron chi connectivity index (χ2n) is 6.03. The number of piperidine rings is 1. The number of aryl methyl sites for hydroxylation is 1. The molecule has 2 aromatic heterocycles. The van der Waals surface area contributed by atoms with Crippen molar-refractivity contribution in [2.45, 2.75) is 39.8 Å². The first kappa shape index (κ1) is 14.9. The van der Waals surface area contributed by atoms with Crippen molar-refractivity contribution >= 4 is 0 Å². The van der Waals surface area contributed by atoms with Gasteiger partial charge in [0.2, 0.25) is 0 Å². The molecule has 1 fully saturated rings. The Labute approximate surface area is 128 Å². The van der Waals surface area contributed by atoms with Gasteiger partial charge in [-0.15, -0.1) is 0 Å². The van der Waals surface area contributed by atoms with Crippen molar-refractivity contribution in [2.24, 2.45) is 5.92 Å². The molecule has 1 aliphatic heterocycles. The van der Waals surface area contributed by atoms with Crippen molar-refractivity contribution in [2.75, 3.05) is 13.1 Å². The molecule has 7 nitrogen and oxygen atoms in total. The summed E-state index contributed by atoms with van der Waals surface area (Å²) in [5.41, 5.74) is 2.52. The zero-order valence-corrected chi connectivity index (χ0v) is 13.0. The summed E-state index contributed by atoms with van der Waals surface area (Å²) in [6.07, 6.45) is 5.49. The molecule has 0 aromatic carbocycles. The number of likely N-dealkylation sites (tertiary alicyclic amines) is 1. The van der Waals surface area contributed by atoms with Crippen LogP contribution in [0.25, 0.3) is 0 Å². The summed E-state index contributed by atoms with van der Waals surface area (Å²) >= 11 is 0. The minimum Gasteiger partial charge on any atom is -0.299 e. The Morgan fingerprint density at radius 1 is 1.32 bits per heavy atom. The first-order valence-electron chi connectivity index (χ1n) is 7.65. The molecule has 0 unspecified atom stereocenters. The molecule has 1 aliphatic rings. The molecule has 118 valence electrons. The average Bonchev–Trinajstić information content (AvgIpc) is 3.03. The molecule has 2 aromatic rings. The molecule has 3 heterocycles. The van der Waals surface area contributed by atoms with E-state index in [1.165, 1.54) is 0 Å². The maximum absolute atomic E-state index is 12.2. The van der Waals surface area contributed by atoms with Crippen LogP contribution in [0.1, 0.15) is 29.8 Å². The predicted molar refractivity (Wildman–Crippen MR) is 80.3 cm³/mol. The Morgan fingerprint density at radius 3 is 2.77 bits per heavy atom. The highest BCUT2D eigenvalue weighted by Gasteiger charge is 2.21. The first-order chi connectivity index (χ1) is 10.6. The molecule has 0 radical (unpaired) electrons. The first-order valence-corrected chi connectivity index (χ1v) is 7.65. The third kappa shape index (κ3) is 3.24. The SMILES string of the molecule is Cc1ncn(CC2CCN(Cc3cnon3)CC2)c(=O)c1C. The Morgan fingerprint density at radius 2 is 2.09 bits per heavy atom. The second-order valence-corrected chi connectivity index (χ2v) is 6.03. The molecular formula is C15H21N5O2. The second kappa shape index (κ2) is 6.39. The van der Waals surface area contributed by atoms with E-state index >= 15 is 0 Å². The van der Waals surface area contributed by atoms with Crippen LogP contribution in [0.5, 0.6) is 0 Å². The maximum Gasteiger partial charge on any atom is 0.256 e. The van der Waals surface area contributed by atoms with Gasteiger partial charge >= 0.3 is 0 Å². The summed E-state index contributed by atoms with van der Waals surface area (Å²) in [5.74, 6) is 0.522. The van der Waals surface area contributed by atoms with Crippen molar-refractivity contribution in [3.63, 3.8) is 0 Å². The lowest BCUT2D eigenvalue weighted by atomic mass is 9.96. The number of nitrogens with zero attached hydrogens (tertiary/aromatic N) is 5. The van der Waals surface area contributed by atoms with Gasteiger partial charge in [0, 0.05) is 24.3 Å². The van der Waals surface area contributed by atoms with Crippen LogP contribution in [0.15, 0.2) is 21.9 Å². The van der Waals surface area contributed by atoms with Gasteiger partial charge in [0.1, 0.15) is 5.69 Å². The van der Waals surface area contributed by atoms with Crippen molar-refractivity contribution in [1.82, 2.24) is 24.8 Å². The summed E-state index contributed by atoms with van der Waals surface area (Å²) < 4.78 is 6.37. The van der Waals surface area contributed by atoms with Crippen LogP contribution < -0.4 is 5.56 Å². The number of hydrogen-bond donors (Lipinski definition) is 0. The fraction of sp³-hybridized carbons (Fsp3) is 0.600. The maximum atomic E-state index is 12.2. The van der Waals surface area contributed by atoms with Gasteiger partial charge in [-0.25, -0.2) is 9.61 Å². The number of aromatic nitrogens is 4. The molecule has 3 rings (SSSR count). The third-order valence-electron chi connectivity index (χ3n) is 4.47. The zero-order valence-electron chi connectivity index (χ0n) is 13.0. The normalized spacial score (nSPS) is 17.0. The fourth-order valence-corrected chi connectivity index (χ4v) is 2.89. The van der Waals surface area contributed by atoms with Crippen molar-refractivity contribution < 1.29 is 4.63 Å². The zero-order chi connectivity index (χ0) is 15.5. The molecule has 0 bridgehead atoms. The summed E-state index contributed by atoms with van der Waals surface area (Å²) in [6, 6.07) is 0. The van der Waals surface area contributed by atoms with Gasteiger partial charge in [-0.3, -0.25) is 14.3 Å². The highest BCUT2D eigenvalue weighted by Crippen LogP contribution is 2.19. The third-order valence-corrected chi connectivity index (χ3v) is 4.47. The Kier molecular flexibility index (Phi) is 4.33. The van der Waals surface area contributed by atoms with Gasteiger partial charge in [0.15, 0.2) is 0 Å². The van der Waals surface area contributed by atoms with E-state index < -0.39 is 0 Å². The quantitative estimate of drug-likeness (QED) is 0.843. The van der Waals surface area contributed by atoms with Crippen LogP contribution in [0.3, 0.4) is 0 Å². The highest BCUT2D eigenvalue weighted by molar-refractivity contribution is 5.12. The summed E-state index contributed by atoms with van der Waals surface area (Å²) in [7, 11) is 0. The van der Waals surface area contributed by atoms with E-state index in [2.05, 4.69) is 24.8 Å². The monoisotopic (exact) mass is 303 g/mol. The molecule has 22 heavy (non-hydrogen) atoms. The standard InChI is InChI=1S/C15H21N5O2/c1-11-12(2)16-10-20(15(11)21)8-13-3-5-19(6-4-13)9-14-7-17-22-18-14/h7,10,13H,3-6,8-9H2,1-2H3. The molecule has 0 atom stereocenters. The van der Waals surface area contributed by atoms with Crippen molar-refractivity contribution in [1.29, 1.82) is 0 Å². The van der Waals surface area contributed by atoms with Crippen LogP contribution in [0, 0.1) is 19.8 Å². The summed E-state index contributed by atoms with van der Waals surface area (Å²) in [6.45, 7) is 7.26. The van der Waals surface area contributed by atoms with Gasteiger partial charge in [0.25, 0.3) is 5.56 Å². The fourth-order valence-electron chi connectivity index (χ4n) is 2.89. The summed E-state index contributed by atoms with van der Waals surface area (Å²) in [5, 5.41) is 7.47. The predicted octanol–water partition coefficient (Wildman–Crippen LogP) is 1.16. The smallest absolute Gasteiger partial charge is 0.256 e. The van der Waals surface area contributed by atoms with E-state index in [0.29, 0.717) is 5.92 Å². The van der Waals surface area contributed by atoms with E-state index in [0.717, 1.165) is 56.0 Å². The molecule has 1 saturated heterocycles. The van der Waals surface area contributed by atoms with Crippen LogP contribution in [-0.2, 0) is 13.1 Å². The average molecular weight is 303 g/mol. The molecular weight excluding hydrogens is 282 g/mol. The van der Waals surface area contributed by atoms with Crippen LogP contribution in [0.4, 0.5) is 0 Å². The van der Waals surface area contributed by atoms with Crippen molar-refractivity contribution in [3.8, 4) is 0 Å². The minimum atomic E-state index is 0.0867. The lowest BCUT2D eigenvalue weighted by Crippen LogP contribution is -2.36. The lowest BCUT2D eigenvalue weighted by molar-refractivity contribution is 0.162. The minimum absolute atomic E-state index is 0.0867. The van der Waals surface area contributed by atoms with Gasteiger partial charge in [-0.05, 0) is 45.7 Å². The van der Waals surface area contributed by atoms with Gasteiger partial charge in [0.05, 0.1) is 12.5 Å². The van der Waals surface area contributed by atoms with Gasteiger partial charge in [-0.2, -0.15) is 0 Å². The molecule has 7 heteroatoms. The van der Waals surface area contributed by atoms with Crippen LogP contribution in [0.2, 0.25) is 0 Å². The molecule has 0 saturated carbocycles. The van der Waals surface area contributed by atoms with Gasteiger partial charge in [-0.1, -0.05) is 10.3 Å². The topological polar surface area (TPSA) is 77.1 Å². The van der Waals surface area contributed by atoms with E-state index in [-0.39, 0.29) is 5.56 Å². The van der Waals surface area contributed by atoms with Gasteiger partial charge < -0.3 is 0 Å². The van der Waals surface area contributed by atoms with E-state index in [4.69, 9.17) is 0 Å². The van der Waals surface area contributed by atoms with E-state index in [1.807, 2.05) is 13.8 Å². The van der Waals surface area contributed by atoms with E-state index in [9.17, 15) is 4.79 Å². The molecule has 0 amide bonds. The van der Waals surface area contributed by atoms with Crippen LogP contribution in [-0.4, -0.2) is 37.9 Å². The largest absolute Gasteiger partial charge is 0.299 e. The lowest BCUT2D eigenvalue weighted by Gasteiger charge is -2.31. The number of rotatable bonds is 4. The summed E-state index contributed by atoms with van der Waals surface area (Å²) in [4.78, 5) is 18.9. The van der Waals surface area contributed by atoms with Crippen LogP contribution >= 0.6 is 0 Å². The van der Waals surface area contributed by atoms with Crippen molar-refractivity contribution in [3.05, 3.63) is 39.8 Å². The molecule has 0 spiro atoms.